The highest BCUT2D eigenvalue weighted by Gasteiger charge is 2.08. The van der Waals surface area contributed by atoms with Gasteiger partial charge in [0.1, 0.15) is 5.75 Å². The van der Waals surface area contributed by atoms with Gasteiger partial charge in [0.05, 0.1) is 23.8 Å². The Bertz CT molecular complexity index is 919. The number of carbonyl (C=O) groups excluding carboxylic acids is 1. The first kappa shape index (κ1) is 17.2. The topological polar surface area (TPSA) is 84.1 Å². The third kappa shape index (κ3) is 4.45. The summed E-state index contributed by atoms with van der Waals surface area (Å²) in [6.45, 7) is 0.552. The molecular formula is C18H19N3O3S. The van der Waals surface area contributed by atoms with E-state index in [0.717, 1.165) is 16.6 Å². The molecule has 2 N–H and O–H groups in total. The Hall–Kier alpha value is -2.67. The molecule has 3 rings (SSSR count). The number of hydrogen-bond donors (Lipinski definition) is 2. The Kier molecular flexibility index (Phi) is 5.45. The van der Waals surface area contributed by atoms with Crippen molar-refractivity contribution >= 4 is 28.1 Å². The molecule has 0 unspecified atom stereocenters. The number of amides is 1. The number of methoxy groups -OCH3 is 1. The first-order valence-electron chi connectivity index (χ1n) is 7.99. The zero-order chi connectivity index (χ0) is 17.6. The monoisotopic (exact) mass is 357 g/mol. The van der Waals surface area contributed by atoms with Crippen LogP contribution >= 0.6 is 11.3 Å². The average molecular weight is 357 g/mol. The standard InChI is InChI=1S/C18H19N3O3S/c1-24-15-4-2-12-8-13(18(23)21-16(12)9-15)3-5-17(22)19-7-6-14-10-25-11-20-14/h2,4,8-11H,3,5-7H2,1H3,(H,19,22)(H,21,23). The van der Waals surface area contributed by atoms with Crippen LogP contribution in [-0.4, -0.2) is 29.5 Å². The number of fused-ring (bicyclic) bond motifs is 1. The van der Waals surface area contributed by atoms with Crippen LogP contribution in [0.25, 0.3) is 10.9 Å². The Balaban J connectivity index is 1.57. The van der Waals surface area contributed by atoms with Gasteiger partial charge in [0.2, 0.25) is 5.91 Å². The Labute approximate surface area is 148 Å². The molecule has 0 aliphatic carbocycles. The summed E-state index contributed by atoms with van der Waals surface area (Å²) < 4.78 is 5.16. The largest absolute Gasteiger partial charge is 0.497 e. The van der Waals surface area contributed by atoms with Gasteiger partial charge in [-0.1, -0.05) is 0 Å². The fourth-order valence-corrected chi connectivity index (χ4v) is 3.16. The van der Waals surface area contributed by atoms with Gasteiger partial charge in [0, 0.05) is 36.4 Å². The summed E-state index contributed by atoms with van der Waals surface area (Å²) in [5.74, 6) is 0.625. The van der Waals surface area contributed by atoms with Gasteiger partial charge in [-0.2, -0.15) is 0 Å². The minimum atomic E-state index is -0.170. The zero-order valence-corrected chi connectivity index (χ0v) is 14.7. The molecule has 0 bridgehead atoms. The van der Waals surface area contributed by atoms with E-state index in [9.17, 15) is 9.59 Å². The molecule has 3 aromatic rings. The van der Waals surface area contributed by atoms with Crippen LogP contribution in [0.2, 0.25) is 0 Å². The number of H-pyrrole nitrogens is 1. The number of hydrogen-bond acceptors (Lipinski definition) is 5. The van der Waals surface area contributed by atoms with E-state index in [1.807, 2.05) is 23.6 Å². The van der Waals surface area contributed by atoms with Crippen LogP contribution in [0.1, 0.15) is 17.7 Å². The summed E-state index contributed by atoms with van der Waals surface area (Å²) in [7, 11) is 1.58. The SMILES string of the molecule is COc1ccc2cc(CCC(=O)NCCc3cscn3)c(=O)[nH]c2c1. The number of pyridine rings is 1. The van der Waals surface area contributed by atoms with Gasteiger partial charge >= 0.3 is 0 Å². The highest BCUT2D eigenvalue weighted by molar-refractivity contribution is 7.07. The lowest BCUT2D eigenvalue weighted by Crippen LogP contribution is -2.26. The maximum atomic E-state index is 12.2. The summed E-state index contributed by atoms with van der Waals surface area (Å²) in [6.07, 6.45) is 1.40. The summed E-state index contributed by atoms with van der Waals surface area (Å²) in [5, 5.41) is 5.74. The molecule has 1 amide bonds. The molecule has 130 valence electrons. The van der Waals surface area contributed by atoms with Crippen molar-refractivity contribution < 1.29 is 9.53 Å². The fourth-order valence-electron chi connectivity index (χ4n) is 2.57. The van der Waals surface area contributed by atoms with Gasteiger partial charge in [-0.3, -0.25) is 9.59 Å². The van der Waals surface area contributed by atoms with E-state index in [0.29, 0.717) is 30.7 Å². The van der Waals surface area contributed by atoms with Crippen LogP contribution in [0.3, 0.4) is 0 Å². The summed E-state index contributed by atoms with van der Waals surface area (Å²) in [4.78, 5) is 31.1. The molecular weight excluding hydrogens is 338 g/mol. The average Bonchev–Trinajstić information content (AvgIpc) is 3.13. The van der Waals surface area contributed by atoms with E-state index < -0.39 is 0 Å². The molecule has 2 heterocycles. The smallest absolute Gasteiger partial charge is 0.251 e. The third-order valence-electron chi connectivity index (χ3n) is 3.94. The van der Waals surface area contributed by atoms with Crippen molar-refractivity contribution in [3.63, 3.8) is 0 Å². The van der Waals surface area contributed by atoms with Gasteiger partial charge < -0.3 is 15.0 Å². The Morgan fingerprint density at radius 3 is 2.96 bits per heavy atom. The van der Waals surface area contributed by atoms with Crippen LogP contribution in [-0.2, 0) is 17.6 Å². The van der Waals surface area contributed by atoms with Crippen molar-refractivity contribution in [2.24, 2.45) is 0 Å². The molecule has 1 aromatic carbocycles. The van der Waals surface area contributed by atoms with E-state index in [4.69, 9.17) is 4.74 Å². The normalized spacial score (nSPS) is 10.8. The second-order valence-corrected chi connectivity index (χ2v) is 6.38. The molecule has 0 atom stereocenters. The van der Waals surface area contributed by atoms with E-state index in [1.165, 1.54) is 0 Å². The number of benzene rings is 1. The van der Waals surface area contributed by atoms with Crippen molar-refractivity contribution in [2.75, 3.05) is 13.7 Å². The number of ether oxygens (including phenoxy) is 1. The van der Waals surface area contributed by atoms with Gasteiger partial charge in [-0.05, 0) is 30.0 Å². The van der Waals surface area contributed by atoms with E-state index in [-0.39, 0.29) is 17.9 Å². The van der Waals surface area contributed by atoms with Crippen molar-refractivity contribution in [2.45, 2.75) is 19.3 Å². The molecule has 0 aliphatic rings. The molecule has 7 heteroatoms. The molecule has 2 aromatic heterocycles. The minimum absolute atomic E-state index is 0.0653. The van der Waals surface area contributed by atoms with Gasteiger partial charge in [-0.25, -0.2) is 4.98 Å². The van der Waals surface area contributed by atoms with Crippen LogP contribution in [0.5, 0.6) is 5.75 Å². The van der Waals surface area contributed by atoms with Gasteiger partial charge in [0.15, 0.2) is 0 Å². The third-order valence-corrected chi connectivity index (χ3v) is 4.57. The molecule has 0 spiro atoms. The maximum absolute atomic E-state index is 12.2. The fraction of sp³-hybridized carbons (Fsp3) is 0.278. The number of thiazole rings is 1. The van der Waals surface area contributed by atoms with Crippen molar-refractivity contribution in [1.82, 2.24) is 15.3 Å². The number of aromatic nitrogens is 2. The van der Waals surface area contributed by atoms with Crippen LogP contribution in [0.4, 0.5) is 0 Å². The number of rotatable bonds is 7. The highest BCUT2D eigenvalue weighted by atomic mass is 32.1. The lowest BCUT2D eigenvalue weighted by atomic mass is 10.1. The predicted molar refractivity (Wildman–Crippen MR) is 98.3 cm³/mol. The molecule has 0 aliphatic heterocycles. The van der Waals surface area contributed by atoms with Crippen LogP contribution in [0, 0.1) is 0 Å². The first-order valence-corrected chi connectivity index (χ1v) is 8.93. The maximum Gasteiger partial charge on any atom is 0.251 e. The summed E-state index contributed by atoms with van der Waals surface area (Å²) >= 11 is 1.54. The molecule has 0 radical (unpaired) electrons. The lowest BCUT2D eigenvalue weighted by molar-refractivity contribution is -0.121. The number of carbonyl (C=O) groups is 1. The highest BCUT2D eigenvalue weighted by Crippen LogP contribution is 2.18. The lowest BCUT2D eigenvalue weighted by Gasteiger charge is -2.06. The first-order chi connectivity index (χ1) is 12.2. The number of aryl methyl sites for hydroxylation is 1. The Morgan fingerprint density at radius 1 is 1.32 bits per heavy atom. The number of nitrogens with zero attached hydrogens (tertiary/aromatic N) is 1. The van der Waals surface area contributed by atoms with Crippen molar-refractivity contribution in [1.29, 1.82) is 0 Å². The van der Waals surface area contributed by atoms with Crippen molar-refractivity contribution in [3.05, 3.63) is 56.8 Å². The van der Waals surface area contributed by atoms with Crippen LogP contribution in [0.15, 0.2) is 40.0 Å². The summed E-state index contributed by atoms with van der Waals surface area (Å²) in [6, 6.07) is 7.35. The molecule has 0 saturated heterocycles. The molecule has 0 saturated carbocycles. The quantitative estimate of drug-likeness (QED) is 0.679. The molecule has 25 heavy (non-hydrogen) atoms. The molecule has 6 nitrogen and oxygen atoms in total. The zero-order valence-electron chi connectivity index (χ0n) is 13.9. The second kappa shape index (κ2) is 7.94. The second-order valence-electron chi connectivity index (χ2n) is 5.66. The summed E-state index contributed by atoms with van der Waals surface area (Å²) in [5.41, 5.74) is 3.91. The Morgan fingerprint density at radius 2 is 2.20 bits per heavy atom. The van der Waals surface area contributed by atoms with Gasteiger partial charge in [0.25, 0.3) is 5.56 Å². The van der Waals surface area contributed by atoms with Gasteiger partial charge in [-0.15, -0.1) is 11.3 Å². The van der Waals surface area contributed by atoms with E-state index in [1.54, 1.807) is 30.0 Å². The number of aromatic amines is 1. The molecule has 0 fully saturated rings. The minimum Gasteiger partial charge on any atom is -0.497 e. The number of nitrogens with one attached hydrogen (secondary N) is 2. The van der Waals surface area contributed by atoms with E-state index in [2.05, 4.69) is 15.3 Å². The predicted octanol–water partition coefficient (Wildman–Crippen LogP) is 2.28. The van der Waals surface area contributed by atoms with Crippen molar-refractivity contribution in [3.8, 4) is 5.75 Å². The van der Waals surface area contributed by atoms with Crippen LogP contribution < -0.4 is 15.6 Å². The van der Waals surface area contributed by atoms with E-state index >= 15 is 0 Å².